The van der Waals surface area contributed by atoms with E-state index in [2.05, 4.69) is 5.32 Å². The smallest absolute Gasteiger partial charge is 0.264 e. The number of nitrogens with one attached hydrogen (secondary N) is 1. The summed E-state index contributed by atoms with van der Waals surface area (Å²) in [5.74, 6) is 0.421. The maximum Gasteiger partial charge on any atom is 0.264 e. The van der Waals surface area contributed by atoms with E-state index in [1.165, 1.54) is 12.1 Å². The van der Waals surface area contributed by atoms with Crippen LogP contribution in [0.5, 0.6) is 11.5 Å². The van der Waals surface area contributed by atoms with Gasteiger partial charge in [0.15, 0.2) is 11.5 Å². The van der Waals surface area contributed by atoms with Crippen molar-refractivity contribution in [2.24, 2.45) is 0 Å². The number of fused-ring (bicyclic) bond motifs is 1. The van der Waals surface area contributed by atoms with Crippen molar-refractivity contribution in [2.45, 2.75) is 25.7 Å². The SMILES string of the molecule is Cc1ccc(N(CC(=O)Nc2ccc(C)cc2C)S(=O)(=O)c2ccc3c(c2)OCCO3)cc1. The van der Waals surface area contributed by atoms with E-state index >= 15 is 0 Å². The third-order valence-electron chi connectivity index (χ3n) is 5.37. The maximum atomic E-state index is 13.7. The fourth-order valence-electron chi connectivity index (χ4n) is 3.61. The molecule has 0 fully saturated rings. The lowest BCUT2D eigenvalue weighted by atomic mass is 10.1. The summed E-state index contributed by atoms with van der Waals surface area (Å²) in [6.07, 6.45) is 0. The molecule has 7 nitrogen and oxygen atoms in total. The summed E-state index contributed by atoms with van der Waals surface area (Å²) in [5.41, 5.74) is 4.00. The van der Waals surface area contributed by atoms with Gasteiger partial charge in [-0.25, -0.2) is 8.42 Å². The van der Waals surface area contributed by atoms with Gasteiger partial charge in [-0.15, -0.1) is 0 Å². The predicted octanol–water partition coefficient (Wildman–Crippen LogP) is 4.22. The number of carbonyl (C=O) groups is 1. The summed E-state index contributed by atoms with van der Waals surface area (Å²) < 4.78 is 39.5. The van der Waals surface area contributed by atoms with Crippen molar-refractivity contribution in [3.8, 4) is 11.5 Å². The molecule has 4 rings (SSSR count). The van der Waals surface area contributed by atoms with Crippen molar-refractivity contribution in [2.75, 3.05) is 29.4 Å². The highest BCUT2D eigenvalue weighted by molar-refractivity contribution is 7.92. The molecule has 3 aromatic carbocycles. The van der Waals surface area contributed by atoms with Gasteiger partial charge in [-0.2, -0.15) is 0 Å². The number of rotatable bonds is 6. The molecule has 1 aliphatic rings. The minimum atomic E-state index is -4.07. The van der Waals surface area contributed by atoms with E-state index in [1.807, 2.05) is 51.1 Å². The molecular formula is C25H26N2O5S. The molecule has 8 heteroatoms. The summed E-state index contributed by atoms with van der Waals surface area (Å²) >= 11 is 0. The largest absolute Gasteiger partial charge is 0.486 e. The number of carbonyl (C=O) groups excluding carboxylic acids is 1. The molecule has 3 aromatic rings. The molecule has 1 heterocycles. The van der Waals surface area contributed by atoms with Gasteiger partial charge in [-0.3, -0.25) is 9.10 Å². The highest BCUT2D eigenvalue weighted by atomic mass is 32.2. The molecule has 0 saturated heterocycles. The molecule has 0 atom stereocenters. The minimum absolute atomic E-state index is 0.0200. The Hall–Kier alpha value is -3.52. The zero-order valence-electron chi connectivity index (χ0n) is 18.8. The van der Waals surface area contributed by atoms with E-state index in [1.54, 1.807) is 18.2 Å². The van der Waals surface area contributed by atoms with Crippen LogP contribution in [0.2, 0.25) is 0 Å². The Balaban J connectivity index is 1.67. The number of hydrogen-bond donors (Lipinski definition) is 1. The molecule has 0 saturated carbocycles. The molecule has 0 radical (unpaired) electrons. The molecule has 33 heavy (non-hydrogen) atoms. The second-order valence-corrected chi connectivity index (χ2v) is 9.88. The van der Waals surface area contributed by atoms with E-state index in [0.717, 1.165) is 21.0 Å². The first-order chi connectivity index (χ1) is 15.7. The molecule has 172 valence electrons. The van der Waals surface area contributed by atoms with Gasteiger partial charge in [0.2, 0.25) is 5.91 Å². The van der Waals surface area contributed by atoms with E-state index < -0.39 is 15.9 Å². The summed E-state index contributed by atoms with van der Waals surface area (Å²) in [6, 6.07) is 17.1. The molecule has 0 spiro atoms. The number of amides is 1. The minimum Gasteiger partial charge on any atom is -0.486 e. The first-order valence-electron chi connectivity index (χ1n) is 10.6. The molecule has 1 amide bonds. The average Bonchev–Trinajstić information content (AvgIpc) is 2.79. The lowest BCUT2D eigenvalue weighted by Gasteiger charge is -2.25. The van der Waals surface area contributed by atoms with Gasteiger partial charge in [0.25, 0.3) is 10.0 Å². The topological polar surface area (TPSA) is 84.9 Å². The van der Waals surface area contributed by atoms with E-state index in [0.29, 0.717) is 36.1 Å². The van der Waals surface area contributed by atoms with Crippen LogP contribution in [0.25, 0.3) is 0 Å². The van der Waals surface area contributed by atoms with Crippen molar-refractivity contribution >= 4 is 27.3 Å². The van der Waals surface area contributed by atoms with Crippen molar-refractivity contribution in [1.29, 1.82) is 0 Å². The Morgan fingerprint density at radius 3 is 2.24 bits per heavy atom. The van der Waals surface area contributed by atoms with Gasteiger partial charge in [0.1, 0.15) is 19.8 Å². The van der Waals surface area contributed by atoms with Gasteiger partial charge in [-0.05, 0) is 56.7 Å². The van der Waals surface area contributed by atoms with E-state index in [4.69, 9.17) is 9.47 Å². The number of aryl methyl sites for hydroxylation is 3. The number of anilines is 2. The number of benzene rings is 3. The van der Waals surface area contributed by atoms with Gasteiger partial charge in [0.05, 0.1) is 10.6 Å². The Labute approximate surface area is 194 Å². The van der Waals surface area contributed by atoms with Crippen molar-refractivity contribution < 1.29 is 22.7 Å². The number of sulfonamides is 1. The molecular weight excluding hydrogens is 440 g/mol. The zero-order chi connectivity index (χ0) is 23.6. The molecule has 0 aliphatic carbocycles. The average molecular weight is 467 g/mol. The van der Waals surface area contributed by atoms with Crippen LogP contribution in [-0.2, 0) is 14.8 Å². The molecule has 0 bridgehead atoms. The Kier molecular flexibility index (Phi) is 6.29. The fourth-order valence-corrected chi connectivity index (χ4v) is 5.05. The fraction of sp³-hybridized carbons (Fsp3) is 0.240. The van der Waals surface area contributed by atoms with Crippen LogP contribution < -0.4 is 19.1 Å². The Morgan fingerprint density at radius 2 is 1.55 bits per heavy atom. The van der Waals surface area contributed by atoms with Crippen LogP contribution in [0.1, 0.15) is 16.7 Å². The maximum absolute atomic E-state index is 13.7. The first-order valence-corrected chi connectivity index (χ1v) is 12.0. The van der Waals surface area contributed by atoms with Gasteiger partial charge in [-0.1, -0.05) is 35.4 Å². The molecule has 0 aromatic heterocycles. The van der Waals surface area contributed by atoms with Crippen molar-refractivity contribution in [3.63, 3.8) is 0 Å². The molecule has 1 N–H and O–H groups in total. The van der Waals surface area contributed by atoms with Gasteiger partial charge < -0.3 is 14.8 Å². The quantitative estimate of drug-likeness (QED) is 0.588. The lowest BCUT2D eigenvalue weighted by molar-refractivity contribution is -0.114. The Bertz CT molecular complexity index is 1290. The Morgan fingerprint density at radius 1 is 0.879 bits per heavy atom. The van der Waals surface area contributed by atoms with Crippen LogP contribution >= 0.6 is 0 Å². The number of hydrogen-bond acceptors (Lipinski definition) is 5. The summed E-state index contributed by atoms with van der Waals surface area (Å²) in [4.78, 5) is 13.0. The third-order valence-corrected chi connectivity index (χ3v) is 7.14. The predicted molar refractivity (Wildman–Crippen MR) is 128 cm³/mol. The molecule has 1 aliphatic heterocycles. The number of nitrogens with zero attached hydrogens (tertiary/aromatic N) is 1. The van der Waals surface area contributed by atoms with E-state index in [9.17, 15) is 13.2 Å². The summed E-state index contributed by atoms with van der Waals surface area (Å²) in [7, 11) is -4.07. The summed E-state index contributed by atoms with van der Waals surface area (Å²) in [5, 5.41) is 2.83. The van der Waals surface area contributed by atoms with Crippen LogP contribution in [0.4, 0.5) is 11.4 Å². The number of ether oxygens (including phenoxy) is 2. The molecule has 0 unspecified atom stereocenters. The van der Waals surface area contributed by atoms with Crippen molar-refractivity contribution in [3.05, 3.63) is 77.4 Å². The standard InChI is InChI=1S/C25H26N2O5S/c1-17-4-7-20(8-5-17)27(16-25(28)26-22-10-6-18(2)14-19(22)3)33(29,30)21-9-11-23-24(15-21)32-13-12-31-23/h4-11,14-15H,12-13,16H2,1-3H3,(H,26,28). The van der Waals surface area contributed by atoms with Gasteiger partial charge in [0, 0.05) is 11.8 Å². The lowest BCUT2D eigenvalue weighted by Crippen LogP contribution is -2.38. The highest BCUT2D eigenvalue weighted by Crippen LogP contribution is 2.34. The second-order valence-electron chi connectivity index (χ2n) is 8.02. The van der Waals surface area contributed by atoms with Crippen LogP contribution in [-0.4, -0.2) is 34.1 Å². The van der Waals surface area contributed by atoms with E-state index in [-0.39, 0.29) is 11.4 Å². The normalized spacial score (nSPS) is 12.8. The summed E-state index contributed by atoms with van der Waals surface area (Å²) in [6.45, 7) is 6.15. The van der Waals surface area contributed by atoms with Crippen LogP contribution in [0, 0.1) is 20.8 Å². The van der Waals surface area contributed by atoms with Crippen LogP contribution in [0.15, 0.2) is 65.6 Å². The van der Waals surface area contributed by atoms with Crippen molar-refractivity contribution in [1.82, 2.24) is 0 Å². The zero-order valence-corrected chi connectivity index (χ0v) is 19.6. The first kappa shape index (κ1) is 22.7. The van der Waals surface area contributed by atoms with Crippen LogP contribution in [0.3, 0.4) is 0 Å². The third kappa shape index (κ3) is 4.96. The monoisotopic (exact) mass is 466 g/mol. The second kappa shape index (κ2) is 9.15. The highest BCUT2D eigenvalue weighted by Gasteiger charge is 2.29. The van der Waals surface area contributed by atoms with Gasteiger partial charge >= 0.3 is 0 Å².